The first-order valence-corrected chi connectivity index (χ1v) is 8.24. The van der Waals surface area contributed by atoms with Crippen molar-refractivity contribution in [3.63, 3.8) is 0 Å². The summed E-state index contributed by atoms with van der Waals surface area (Å²) in [5.74, 6) is -61.6. The van der Waals surface area contributed by atoms with E-state index in [1.165, 1.54) is 0 Å². The van der Waals surface area contributed by atoms with E-state index in [9.17, 15) is 79.4 Å². The van der Waals surface area contributed by atoms with Gasteiger partial charge in [-0.3, -0.25) is 4.79 Å². The second-order valence-corrected chi connectivity index (χ2v) is 6.79. The first-order chi connectivity index (χ1) is 15.2. The first kappa shape index (κ1) is 30.5. The topological polar surface area (TPSA) is 29.1 Å². The highest BCUT2D eigenvalue weighted by molar-refractivity contribution is 5.97. The van der Waals surface area contributed by atoms with Crippen LogP contribution in [-0.2, 0) is 4.79 Å². The fourth-order valence-corrected chi connectivity index (χ4v) is 2.22. The van der Waals surface area contributed by atoms with Crippen molar-refractivity contribution in [2.45, 2.75) is 54.6 Å². The summed E-state index contributed by atoms with van der Waals surface area (Å²) in [5.41, 5.74) is -1.08. The highest BCUT2D eigenvalue weighted by Gasteiger charge is 2.95. The van der Waals surface area contributed by atoms with Crippen LogP contribution in [0.5, 0.6) is 0 Å². The number of nitrogens with one attached hydrogen (secondary N) is 1. The first-order valence-electron chi connectivity index (χ1n) is 8.24. The number of hydrogen-bond donors (Lipinski definition) is 1. The Labute approximate surface area is 182 Å². The number of amides is 1. The second-order valence-electron chi connectivity index (χ2n) is 6.79. The molecule has 0 radical (unpaired) electrons. The molecule has 2 nitrogen and oxygen atoms in total. The summed E-state index contributed by atoms with van der Waals surface area (Å²) < 4.78 is 224. The Bertz CT molecular complexity index is 950. The third kappa shape index (κ3) is 4.13. The average molecular weight is 553 g/mol. The van der Waals surface area contributed by atoms with Gasteiger partial charge in [-0.2, -0.15) is 74.6 Å². The van der Waals surface area contributed by atoms with E-state index in [-0.39, 0.29) is 5.56 Å². The summed E-state index contributed by atoms with van der Waals surface area (Å²) in [4.78, 5) is 11.4. The van der Waals surface area contributed by atoms with Crippen LogP contribution in [0.15, 0.2) is 24.3 Å². The summed E-state index contributed by atoms with van der Waals surface area (Å²) in [7, 11) is 0. The zero-order valence-corrected chi connectivity index (χ0v) is 16.1. The Kier molecular flexibility index (Phi) is 7.22. The lowest BCUT2D eigenvalue weighted by Gasteiger charge is -2.42. The molecule has 0 aliphatic carbocycles. The van der Waals surface area contributed by atoms with Gasteiger partial charge < -0.3 is 5.32 Å². The number of alkyl halides is 17. The van der Waals surface area contributed by atoms with Crippen molar-refractivity contribution in [1.29, 1.82) is 0 Å². The van der Waals surface area contributed by atoms with E-state index >= 15 is 0 Å². The predicted molar refractivity (Wildman–Crippen MR) is 80.5 cm³/mol. The molecular formula is C16H8F17NO. The van der Waals surface area contributed by atoms with Gasteiger partial charge in [0, 0.05) is 5.69 Å². The minimum absolute atomic E-state index is 0.238. The largest absolute Gasteiger partial charge is 0.460 e. The number of carbonyl (C=O) groups excluding carboxylic acids is 1. The summed E-state index contributed by atoms with van der Waals surface area (Å²) >= 11 is 0. The van der Waals surface area contributed by atoms with Crippen LogP contribution in [0.3, 0.4) is 0 Å². The van der Waals surface area contributed by atoms with Gasteiger partial charge in [0.15, 0.2) is 0 Å². The molecule has 0 fully saturated rings. The van der Waals surface area contributed by atoms with Crippen molar-refractivity contribution >= 4 is 11.6 Å². The van der Waals surface area contributed by atoms with E-state index in [2.05, 4.69) is 0 Å². The van der Waals surface area contributed by atoms with Gasteiger partial charge in [0.2, 0.25) is 0 Å². The molecule has 1 rings (SSSR count). The van der Waals surface area contributed by atoms with Gasteiger partial charge in [0.25, 0.3) is 0 Å². The van der Waals surface area contributed by atoms with Crippen LogP contribution in [0, 0.1) is 6.92 Å². The second kappa shape index (κ2) is 8.28. The molecule has 1 amide bonds. The fourth-order valence-electron chi connectivity index (χ4n) is 2.22. The maximum absolute atomic E-state index is 13.8. The number of benzene rings is 1. The lowest BCUT2D eigenvalue weighted by molar-refractivity contribution is -0.459. The normalized spacial score (nSPS) is 15.3. The smallest absolute Gasteiger partial charge is 0.320 e. The van der Waals surface area contributed by atoms with Crippen molar-refractivity contribution in [2.24, 2.45) is 0 Å². The third-order valence-electron chi connectivity index (χ3n) is 4.40. The predicted octanol–water partition coefficient (Wildman–Crippen LogP) is 6.94. The van der Waals surface area contributed by atoms with Crippen LogP contribution in [0.1, 0.15) is 5.56 Å². The summed E-state index contributed by atoms with van der Waals surface area (Å²) in [6, 6.07) is 3.76. The third-order valence-corrected chi connectivity index (χ3v) is 4.40. The molecular weight excluding hydrogens is 545 g/mol. The van der Waals surface area contributed by atoms with Gasteiger partial charge in [-0.15, -0.1) is 0 Å². The van der Waals surface area contributed by atoms with Gasteiger partial charge in [-0.05, 0) is 18.6 Å². The minimum Gasteiger partial charge on any atom is -0.320 e. The SMILES string of the molecule is Cc1ccccc1NC(=O)C(F)(F)C(F)(F)C(F)(F)C(F)(F)C(F)(F)C(F)(F)C(F)(F)C(F)(F)F. The molecule has 0 heterocycles. The van der Waals surface area contributed by atoms with Crippen molar-refractivity contribution < 1.29 is 79.4 Å². The van der Waals surface area contributed by atoms with E-state index in [1.807, 2.05) is 0 Å². The van der Waals surface area contributed by atoms with Crippen LogP contribution in [0.25, 0.3) is 0 Å². The number of rotatable bonds is 8. The lowest BCUT2D eigenvalue weighted by atomic mass is 9.88. The monoisotopic (exact) mass is 553 g/mol. The zero-order valence-electron chi connectivity index (χ0n) is 16.1. The van der Waals surface area contributed by atoms with Crippen molar-refractivity contribution in [1.82, 2.24) is 0 Å². The molecule has 0 spiro atoms. The Morgan fingerprint density at radius 1 is 0.571 bits per heavy atom. The van der Waals surface area contributed by atoms with Gasteiger partial charge in [0.05, 0.1) is 0 Å². The van der Waals surface area contributed by atoms with Crippen molar-refractivity contribution in [3.8, 4) is 0 Å². The molecule has 1 aromatic carbocycles. The lowest BCUT2D eigenvalue weighted by Crippen LogP contribution is -2.75. The van der Waals surface area contributed by atoms with Gasteiger partial charge in [-0.25, -0.2) is 0 Å². The zero-order chi connectivity index (χ0) is 28.3. The molecule has 1 N–H and O–H groups in total. The molecule has 0 aliphatic rings. The van der Waals surface area contributed by atoms with E-state index < -0.39 is 59.2 Å². The van der Waals surface area contributed by atoms with E-state index in [1.54, 1.807) is 0 Å². The quantitative estimate of drug-likeness (QED) is 0.348. The number of para-hydroxylation sites is 1. The fraction of sp³-hybridized carbons (Fsp3) is 0.562. The average Bonchev–Trinajstić information content (AvgIpc) is 2.67. The number of anilines is 1. The summed E-state index contributed by atoms with van der Waals surface area (Å²) in [6.07, 6.45) is -7.83. The molecule has 0 aromatic heterocycles. The number of carbonyl (C=O) groups is 1. The van der Waals surface area contributed by atoms with E-state index in [4.69, 9.17) is 0 Å². The summed E-state index contributed by atoms with van der Waals surface area (Å²) in [5, 5.41) is 0.842. The van der Waals surface area contributed by atoms with E-state index in [0.29, 0.717) is 6.07 Å². The number of halogens is 17. The van der Waals surface area contributed by atoms with Crippen LogP contribution < -0.4 is 5.32 Å². The van der Waals surface area contributed by atoms with Gasteiger partial charge in [0.1, 0.15) is 0 Å². The van der Waals surface area contributed by atoms with Crippen LogP contribution in [0.4, 0.5) is 80.3 Å². The Morgan fingerprint density at radius 3 is 1.29 bits per heavy atom. The molecule has 1 aromatic rings. The highest BCUT2D eigenvalue weighted by Crippen LogP contribution is 2.64. The Hall–Kier alpha value is -2.50. The molecule has 0 atom stereocenters. The molecule has 202 valence electrons. The van der Waals surface area contributed by atoms with Crippen LogP contribution >= 0.6 is 0 Å². The highest BCUT2D eigenvalue weighted by atomic mass is 19.4. The summed E-state index contributed by atoms with van der Waals surface area (Å²) in [6.45, 7) is 0.998. The van der Waals surface area contributed by atoms with Gasteiger partial charge in [-0.1, -0.05) is 18.2 Å². The van der Waals surface area contributed by atoms with Crippen molar-refractivity contribution in [2.75, 3.05) is 5.32 Å². The maximum Gasteiger partial charge on any atom is 0.460 e. The maximum atomic E-state index is 13.8. The number of hydrogen-bond acceptors (Lipinski definition) is 1. The molecule has 0 bridgehead atoms. The molecule has 35 heavy (non-hydrogen) atoms. The Balaban J connectivity index is 3.60. The molecule has 0 saturated carbocycles. The van der Waals surface area contributed by atoms with E-state index in [0.717, 1.165) is 30.4 Å². The van der Waals surface area contributed by atoms with Crippen LogP contribution in [-0.4, -0.2) is 53.5 Å². The Morgan fingerprint density at radius 2 is 0.914 bits per heavy atom. The number of aryl methyl sites for hydroxylation is 1. The standard InChI is InChI=1S/C16H8F17NO/c1-6-4-2-3-5-7(6)34-8(35)9(17,18)10(19,20)11(21,22)12(23,24)13(25,26)14(27,28)15(29,30)16(31,32)33/h2-5H,1H3,(H,34,35). The van der Waals surface area contributed by atoms with Crippen LogP contribution in [0.2, 0.25) is 0 Å². The van der Waals surface area contributed by atoms with Gasteiger partial charge >= 0.3 is 53.5 Å². The van der Waals surface area contributed by atoms with Crippen molar-refractivity contribution in [3.05, 3.63) is 29.8 Å². The molecule has 19 heteroatoms. The molecule has 0 aliphatic heterocycles. The molecule has 0 unspecified atom stereocenters. The molecule has 0 saturated heterocycles. The minimum atomic E-state index is -8.74.